The van der Waals surface area contributed by atoms with Gasteiger partial charge in [0, 0.05) is 51.2 Å². The van der Waals surface area contributed by atoms with E-state index in [1.807, 2.05) is 42.2 Å². The summed E-state index contributed by atoms with van der Waals surface area (Å²) >= 11 is 0. The Morgan fingerprint density at radius 1 is 0.970 bits per heavy atom. The third-order valence-electron chi connectivity index (χ3n) is 7.85. The number of piperidine rings is 1. The summed E-state index contributed by atoms with van der Waals surface area (Å²) < 4.78 is 5.59. The zero-order valence-electron chi connectivity index (χ0n) is 20.3. The van der Waals surface area contributed by atoms with Crippen molar-refractivity contribution >= 4 is 12.0 Å². The van der Waals surface area contributed by atoms with Crippen molar-refractivity contribution in [2.24, 2.45) is 11.8 Å². The van der Waals surface area contributed by atoms with Crippen LogP contribution < -0.4 is 0 Å². The van der Waals surface area contributed by atoms with Gasteiger partial charge in [0.15, 0.2) is 0 Å². The van der Waals surface area contributed by atoms with E-state index in [-0.39, 0.29) is 18.1 Å². The Kier molecular flexibility index (Phi) is 8.65. The van der Waals surface area contributed by atoms with Gasteiger partial charge in [-0.3, -0.25) is 4.79 Å². The minimum Gasteiger partial charge on any atom is -0.445 e. The lowest BCUT2D eigenvalue weighted by molar-refractivity contribution is -0.135. The lowest BCUT2D eigenvalue weighted by atomic mass is 9.88. The number of carbonyl (C=O) groups excluding carboxylic acids is 2. The van der Waals surface area contributed by atoms with Crippen LogP contribution in [0, 0.1) is 11.8 Å². The Hall–Kier alpha value is -2.08. The lowest BCUT2D eigenvalue weighted by Crippen LogP contribution is -2.48. The molecule has 182 valence electrons. The van der Waals surface area contributed by atoms with Crippen molar-refractivity contribution in [3.05, 3.63) is 35.9 Å². The van der Waals surface area contributed by atoms with Gasteiger partial charge in [0.25, 0.3) is 0 Å². The molecule has 1 saturated carbocycles. The van der Waals surface area contributed by atoms with Crippen LogP contribution in [0.3, 0.4) is 0 Å². The molecule has 1 atom stereocenters. The molecule has 0 unspecified atom stereocenters. The molecule has 2 amide bonds. The maximum absolute atomic E-state index is 12.9. The van der Waals surface area contributed by atoms with Crippen LogP contribution in [0.15, 0.2) is 30.3 Å². The molecule has 0 N–H and O–H groups in total. The zero-order valence-corrected chi connectivity index (χ0v) is 20.3. The number of nitrogens with zero attached hydrogens (tertiary/aromatic N) is 3. The first-order chi connectivity index (χ1) is 16.1. The normalized spacial score (nSPS) is 22.9. The van der Waals surface area contributed by atoms with Gasteiger partial charge in [0.2, 0.25) is 5.91 Å². The van der Waals surface area contributed by atoms with Crippen LogP contribution in [0.4, 0.5) is 4.79 Å². The van der Waals surface area contributed by atoms with Gasteiger partial charge in [-0.25, -0.2) is 4.79 Å². The molecule has 1 aromatic rings. The molecule has 0 spiro atoms. The molecular formula is C27H41N3O3. The molecule has 6 heteroatoms. The van der Waals surface area contributed by atoms with E-state index < -0.39 is 0 Å². The summed E-state index contributed by atoms with van der Waals surface area (Å²) in [4.78, 5) is 32.1. The van der Waals surface area contributed by atoms with Crippen molar-refractivity contribution in [2.75, 3.05) is 39.3 Å². The first-order valence-electron chi connectivity index (χ1n) is 13.1. The van der Waals surface area contributed by atoms with Gasteiger partial charge in [0.05, 0.1) is 0 Å². The molecule has 33 heavy (non-hydrogen) atoms. The summed E-state index contributed by atoms with van der Waals surface area (Å²) in [6, 6.07) is 10.1. The molecule has 0 radical (unpaired) electrons. The predicted molar refractivity (Wildman–Crippen MR) is 130 cm³/mol. The van der Waals surface area contributed by atoms with Crippen molar-refractivity contribution < 1.29 is 14.3 Å². The second kappa shape index (κ2) is 11.9. The Balaban J connectivity index is 1.18. The highest BCUT2D eigenvalue weighted by Gasteiger charge is 2.34. The van der Waals surface area contributed by atoms with Crippen LogP contribution in [-0.4, -0.2) is 72.0 Å². The molecule has 2 saturated heterocycles. The summed E-state index contributed by atoms with van der Waals surface area (Å²) in [7, 11) is 0. The standard InChI is InChI=1S/C27H41N3O3/c1-2-30(27(32)33-21-22-9-5-3-6-10-22)25-14-16-28(17-15-25)19-23-13-18-29(20-23)26(31)24-11-7-4-8-12-24/h3,5-6,9-10,23-25H,2,4,7-8,11-21H2,1H3/t23-/m0/s1. The number of rotatable bonds is 7. The minimum atomic E-state index is -0.201. The van der Waals surface area contributed by atoms with Gasteiger partial charge in [-0.2, -0.15) is 0 Å². The summed E-state index contributed by atoms with van der Waals surface area (Å²) in [5.74, 6) is 1.30. The SMILES string of the molecule is CCN(C(=O)OCc1ccccc1)C1CCN(C[C@@H]2CCN(C(=O)C3CCCCC3)C2)CC1. The first kappa shape index (κ1) is 24.1. The Morgan fingerprint density at radius 2 is 1.70 bits per heavy atom. The topological polar surface area (TPSA) is 53.1 Å². The van der Waals surface area contributed by atoms with Gasteiger partial charge in [-0.05, 0) is 50.5 Å². The highest BCUT2D eigenvalue weighted by Crippen LogP contribution is 2.28. The maximum Gasteiger partial charge on any atom is 0.410 e. The molecular weight excluding hydrogens is 414 g/mol. The molecule has 2 aliphatic heterocycles. The van der Waals surface area contributed by atoms with Gasteiger partial charge in [0.1, 0.15) is 6.61 Å². The van der Waals surface area contributed by atoms with Crippen LogP contribution >= 0.6 is 0 Å². The van der Waals surface area contributed by atoms with Crippen LogP contribution in [0.5, 0.6) is 0 Å². The van der Waals surface area contributed by atoms with Crippen molar-refractivity contribution in [3.8, 4) is 0 Å². The number of carbonyl (C=O) groups is 2. The molecule has 2 heterocycles. The molecule has 0 bridgehead atoms. The Morgan fingerprint density at radius 3 is 2.39 bits per heavy atom. The number of hydrogen-bond acceptors (Lipinski definition) is 4. The van der Waals surface area contributed by atoms with Gasteiger partial charge < -0.3 is 19.4 Å². The maximum atomic E-state index is 12.9. The van der Waals surface area contributed by atoms with Crippen molar-refractivity contribution in [1.82, 2.24) is 14.7 Å². The minimum absolute atomic E-state index is 0.201. The van der Waals surface area contributed by atoms with Crippen LogP contribution in [0.1, 0.15) is 63.9 Å². The lowest BCUT2D eigenvalue weighted by Gasteiger charge is -2.38. The van der Waals surface area contributed by atoms with E-state index >= 15 is 0 Å². The second-order valence-electron chi connectivity index (χ2n) is 10.1. The largest absolute Gasteiger partial charge is 0.445 e. The van der Waals surface area contributed by atoms with Crippen molar-refractivity contribution in [1.29, 1.82) is 0 Å². The molecule has 3 aliphatic rings. The number of hydrogen-bond donors (Lipinski definition) is 0. The molecule has 1 aromatic carbocycles. The Bertz CT molecular complexity index is 757. The smallest absolute Gasteiger partial charge is 0.410 e. The third-order valence-corrected chi connectivity index (χ3v) is 7.85. The van der Waals surface area contributed by atoms with E-state index in [0.29, 0.717) is 25.0 Å². The van der Waals surface area contributed by atoms with Gasteiger partial charge >= 0.3 is 6.09 Å². The molecule has 3 fully saturated rings. The monoisotopic (exact) mass is 455 g/mol. The number of amides is 2. The molecule has 6 nitrogen and oxygen atoms in total. The summed E-state index contributed by atoms with van der Waals surface area (Å²) in [6.45, 7) is 8.01. The highest BCUT2D eigenvalue weighted by molar-refractivity contribution is 5.79. The molecule has 0 aromatic heterocycles. The van der Waals surface area contributed by atoms with E-state index in [9.17, 15) is 9.59 Å². The van der Waals surface area contributed by atoms with E-state index in [1.54, 1.807) is 0 Å². The quantitative estimate of drug-likeness (QED) is 0.606. The average molecular weight is 456 g/mol. The number of benzene rings is 1. The van der Waals surface area contributed by atoms with Crippen molar-refractivity contribution in [3.63, 3.8) is 0 Å². The van der Waals surface area contributed by atoms with Crippen LogP contribution in [0.25, 0.3) is 0 Å². The van der Waals surface area contributed by atoms with Crippen molar-refractivity contribution in [2.45, 2.75) is 70.9 Å². The zero-order chi connectivity index (χ0) is 23.0. The summed E-state index contributed by atoms with van der Waals surface area (Å²) in [6.07, 6.45) is 8.83. The Labute approximate surface area is 199 Å². The summed E-state index contributed by atoms with van der Waals surface area (Å²) in [5, 5.41) is 0. The van der Waals surface area contributed by atoms with Crippen LogP contribution in [0.2, 0.25) is 0 Å². The van der Waals surface area contributed by atoms with E-state index in [2.05, 4.69) is 9.80 Å². The van der Waals surface area contributed by atoms with Crippen LogP contribution in [-0.2, 0) is 16.1 Å². The fraction of sp³-hybridized carbons (Fsp3) is 0.704. The van der Waals surface area contributed by atoms with Gasteiger partial charge in [-0.1, -0.05) is 49.6 Å². The predicted octanol–water partition coefficient (Wildman–Crippen LogP) is 4.54. The van der Waals surface area contributed by atoms with E-state index in [4.69, 9.17) is 4.74 Å². The fourth-order valence-corrected chi connectivity index (χ4v) is 5.91. The highest BCUT2D eigenvalue weighted by atomic mass is 16.6. The van der Waals surface area contributed by atoms with Gasteiger partial charge in [-0.15, -0.1) is 0 Å². The first-order valence-corrected chi connectivity index (χ1v) is 13.1. The number of ether oxygens (including phenoxy) is 1. The van der Waals surface area contributed by atoms with E-state index in [1.165, 1.54) is 19.3 Å². The second-order valence-corrected chi connectivity index (χ2v) is 10.1. The number of likely N-dealkylation sites (tertiary alicyclic amines) is 2. The summed E-state index contributed by atoms with van der Waals surface area (Å²) in [5.41, 5.74) is 1.02. The molecule has 1 aliphatic carbocycles. The molecule has 4 rings (SSSR count). The fourth-order valence-electron chi connectivity index (χ4n) is 5.91. The van der Waals surface area contributed by atoms with E-state index in [0.717, 1.165) is 70.4 Å². The third kappa shape index (κ3) is 6.50. The average Bonchev–Trinajstić information content (AvgIpc) is 3.33.